The second-order valence-corrected chi connectivity index (χ2v) is 7.00. The van der Waals surface area contributed by atoms with Crippen LogP contribution in [0, 0.1) is 13.8 Å². The minimum atomic E-state index is -0.365. The van der Waals surface area contributed by atoms with E-state index < -0.39 is 0 Å². The molecule has 3 N–H and O–H groups in total. The maximum Gasteiger partial charge on any atom is 0.319 e. The predicted molar refractivity (Wildman–Crippen MR) is 113 cm³/mol. The molecule has 29 heavy (non-hydrogen) atoms. The molecule has 0 aliphatic rings. The molecule has 2 aromatic heterocycles. The molecule has 0 atom stereocenters. The molecule has 0 aliphatic heterocycles. The lowest BCUT2D eigenvalue weighted by atomic mass is 10.1. The van der Waals surface area contributed by atoms with Crippen molar-refractivity contribution in [1.29, 1.82) is 0 Å². The number of pyridine rings is 1. The summed E-state index contributed by atoms with van der Waals surface area (Å²) in [6.45, 7) is 7.60. The Kier molecular flexibility index (Phi) is 5.92. The van der Waals surface area contributed by atoms with Crippen LogP contribution < -0.4 is 16.0 Å². The number of para-hydroxylation sites is 1. The third-order valence-corrected chi connectivity index (χ3v) is 4.07. The lowest BCUT2D eigenvalue weighted by molar-refractivity contribution is 0.102. The van der Waals surface area contributed by atoms with Gasteiger partial charge < -0.3 is 16.0 Å². The molecule has 0 fully saturated rings. The standard InChI is InChI=1S/C21H24N6O2/c1-13(2)23-21(29)25-18-8-6-5-7-17(18)20(28)24-16-9-10-19(22-12-16)27-15(4)11-14(3)26-27/h5-13H,1-4H3,(H,24,28)(H2,23,25,29). The number of rotatable bonds is 5. The largest absolute Gasteiger partial charge is 0.336 e. The summed E-state index contributed by atoms with van der Waals surface area (Å²) in [6.07, 6.45) is 1.57. The molecule has 1 aromatic carbocycles. The van der Waals surface area contributed by atoms with E-state index in [0.29, 0.717) is 22.8 Å². The lowest BCUT2D eigenvalue weighted by Gasteiger charge is -2.13. The number of nitrogens with one attached hydrogen (secondary N) is 3. The molecule has 0 spiro atoms. The zero-order valence-electron chi connectivity index (χ0n) is 16.9. The van der Waals surface area contributed by atoms with Gasteiger partial charge in [0.05, 0.1) is 28.8 Å². The van der Waals surface area contributed by atoms with E-state index in [1.807, 2.05) is 33.8 Å². The molecule has 0 saturated carbocycles. The van der Waals surface area contributed by atoms with Crippen molar-refractivity contribution in [3.63, 3.8) is 0 Å². The number of nitrogens with zero attached hydrogens (tertiary/aromatic N) is 3. The quantitative estimate of drug-likeness (QED) is 0.617. The first-order chi connectivity index (χ1) is 13.8. The molecule has 0 saturated heterocycles. The van der Waals surface area contributed by atoms with Crippen LogP contribution in [0.5, 0.6) is 0 Å². The highest BCUT2D eigenvalue weighted by Crippen LogP contribution is 2.18. The number of aryl methyl sites for hydroxylation is 2. The third-order valence-electron chi connectivity index (χ3n) is 4.07. The first-order valence-corrected chi connectivity index (χ1v) is 9.31. The van der Waals surface area contributed by atoms with Crippen molar-refractivity contribution in [2.75, 3.05) is 10.6 Å². The van der Waals surface area contributed by atoms with Crippen LogP contribution in [-0.2, 0) is 0 Å². The van der Waals surface area contributed by atoms with Crippen LogP contribution in [0.25, 0.3) is 5.82 Å². The number of hydrogen-bond donors (Lipinski definition) is 3. The smallest absolute Gasteiger partial charge is 0.319 e. The minimum Gasteiger partial charge on any atom is -0.336 e. The molecule has 0 unspecified atom stereocenters. The zero-order chi connectivity index (χ0) is 21.0. The van der Waals surface area contributed by atoms with Gasteiger partial charge in [-0.25, -0.2) is 14.5 Å². The van der Waals surface area contributed by atoms with Crippen molar-refractivity contribution in [2.24, 2.45) is 0 Å². The van der Waals surface area contributed by atoms with Gasteiger partial charge >= 0.3 is 6.03 Å². The molecular weight excluding hydrogens is 368 g/mol. The van der Waals surface area contributed by atoms with Crippen molar-refractivity contribution >= 4 is 23.3 Å². The van der Waals surface area contributed by atoms with Crippen LogP contribution in [-0.4, -0.2) is 32.7 Å². The Balaban J connectivity index is 1.74. The second-order valence-electron chi connectivity index (χ2n) is 7.00. The van der Waals surface area contributed by atoms with E-state index in [9.17, 15) is 9.59 Å². The summed E-state index contributed by atoms with van der Waals surface area (Å²) in [6, 6.07) is 12.0. The van der Waals surface area contributed by atoms with Crippen LogP contribution >= 0.6 is 0 Å². The number of carbonyl (C=O) groups is 2. The SMILES string of the molecule is Cc1cc(C)n(-c2ccc(NC(=O)c3ccccc3NC(=O)NC(C)C)cn2)n1. The molecule has 0 radical (unpaired) electrons. The number of amides is 3. The van der Waals surface area contributed by atoms with Crippen LogP contribution in [0.2, 0.25) is 0 Å². The van der Waals surface area contributed by atoms with E-state index >= 15 is 0 Å². The van der Waals surface area contributed by atoms with Gasteiger partial charge in [-0.3, -0.25) is 4.79 Å². The third kappa shape index (κ3) is 4.98. The maximum absolute atomic E-state index is 12.7. The number of aromatic nitrogens is 3. The Labute approximate surface area is 169 Å². The summed E-state index contributed by atoms with van der Waals surface area (Å²) >= 11 is 0. The monoisotopic (exact) mass is 392 g/mol. The molecule has 3 amide bonds. The van der Waals surface area contributed by atoms with Crippen LogP contribution in [0.3, 0.4) is 0 Å². The topological polar surface area (TPSA) is 101 Å². The van der Waals surface area contributed by atoms with Crippen molar-refractivity contribution in [2.45, 2.75) is 33.7 Å². The summed E-state index contributed by atoms with van der Waals surface area (Å²) in [5.74, 6) is 0.326. The summed E-state index contributed by atoms with van der Waals surface area (Å²) < 4.78 is 1.74. The Bertz CT molecular complexity index is 1020. The summed E-state index contributed by atoms with van der Waals surface area (Å²) in [5.41, 5.74) is 3.21. The lowest BCUT2D eigenvalue weighted by Crippen LogP contribution is -2.34. The molecule has 0 aliphatic carbocycles. The molecule has 8 heteroatoms. The fourth-order valence-electron chi connectivity index (χ4n) is 2.86. The Morgan fingerprint density at radius 2 is 1.79 bits per heavy atom. The average molecular weight is 392 g/mol. The van der Waals surface area contributed by atoms with Gasteiger partial charge in [-0.2, -0.15) is 5.10 Å². The van der Waals surface area contributed by atoms with Crippen molar-refractivity contribution in [1.82, 2.24) is 20.1 Å². The van der Waals surface area contributed by atoms with E-state index in [1.54, 1.807) is 47.3 Å². The first-order valence-electron chi connectivity index (χ1n) is 9.31. The Hall–Kier alpha value is -3.68. The summed E-state index contributed by atoms with van der Waals surface area (Å²) in [4.78, 5) is 29.1. The van der Waals surface area contributed by atoms with Gasteiger partial charge in [0, 0.05) is 11.7 Å². The van der Waals surface area contributed by atoms with Gasteiger partial charge in [-0.1, -0.05) is 12.1 Å². The van der Waals surface area contributed by atoms with E-state index in [0.717, 1.165) is 11.4 Å². The van der Waals surface area contributed by atoms with E-state index in [1.165, 1.54) is 0 Å². The fraction of sp³-hybridized carbons (Fsp3) is 0.238. The zero-order valence-corrected chi connectivity index (χ0v) is 16.9. The molecule has 3 aromatic rings. The summed E-state index contributed by atoms with van der Waals surface area (Å²) in [5, 5.41) is 12.7. The highest BCUT2D eigenvalue weighted by Gasteiger charge is 2.14. The van der Waals surface area contributed by atoms with Crippen LogP contribution in [0.4, 0.5) is 16.2 Å². The maximum atomic E-state index is 12.7. The second kappa shape index (κ2) is 8.55. The molecule has 2 heterocycles. The summed E-state index contributed by atoms with van der Waals surface area (Å²) in [7, 11) is 0. The highest BCUT2D eigenvalue weighted by atomic mass is 16.2. The Morgan fingerprint density at radius 3 is 2.41 bits per heavy atom. The van der Waals surface area contributed by atoms with Gasteiger partial charge in [-0.05, 0) is 58.0 Å². The number of benzene rings is 1. The number of urea groups is 1. The van der Waals surface area contributed by atoms with Crippen LogP contribution in [0.1, 0.15) is 35.6 Å². The minimum absolute atomic E-state index is 0.0113. The van der Waals surface area contributed by atoms with Gasteiger partial charge in [-0.15, -0.1) is 0 Å². The van der Waals surface area contributed by atoms with Crippen molar-refractivity contribution in [3.05, 3.63) is 65.6 Å². The van der Waals surface area contributed by atoms with Gasteiger partial charge in [0.2, 0.25) is 0 Å². The van der Waals surface area contributed by atoms with Crippen molar-refractivity contribution in [3.8, 4) is 5.82 Å². The van der Waals surface area contributed by atoms with Crippen molar-refractivity contribution < 1.29 is 9.59 Å². The van der Waals surface area contributed by atoms with Gasteiger partial charge in [0.15, 0.2) is 5.82 Å². The van der Waals surface area contributed by atoms with Gasteiger partial charge in [0.25, 0.3) is 5.91 Å². The fourth-order valence-corrected chi connectivity index (χ4v) is 2.86. The number of anilines is 2. The predicted octanol–water partition coefficient (Wildman–Crippen LogP) is 3.67. The number of carbonyl (C=O) groups excluding carboxylic acids is 2. The Morgan fingerprint density at radius 1 is 1.03 bits per heavy atom. The van der Waals surface area contributed by atoms with Gasteiger partial charge in [0.1, 0.15) is 0 Å². The molecule has 8 nitrogen and oxygen atoms in total. The van der Waals surface area contributed by atoms with Crippen LogP contribution in [0.15, 0.2) is 48.7 Å². The average Bonchev–Trinajstić information content (AvgIpc) is 3.00. The molecule has 3 rings (SSSR count). The number of hydrogen-bond acceptors (Lipinski definition) is 4. The normalized spacial score (nSPS) is 10.7. The van der Waals surface area contributed by atoms with E-state index in [2.05, 4.69) is 26.0 Å². The van der Waals surface area contributed by atoms with E-state index in [-0.39, 0.29) is 18.0 Å². The van der Waals surface area contributed by atoms with E-state index in [4.69, 9.17) is 0 Å². The molecular formula is C21H24N6O2. The highest BCUT2D eigenvalue weighted by molar-refractivity contribution is 6.09. The first kappa shape index (κ1) is 20.1. The molecule has 0 bridgehead atoms. The molecule has 150 valence electrons.